The van der Waals surface area contributed by atoms with Gasteiger partial charge in [-0.1, -0.05) is 12.1 Å². The zero-order valence-corrected chi connectivity index (χ0v) is 7.72. The van der Waals surface area contributed by atoms with Crippen molar-refractivity contribution in [2.45, 2.75) is 18.4 Å². The summed E-state index contributed by atoms with van der Waals surface area (Å²) < 4.78 is 0. The van der Waals surface area contributed by atoms with Crippen molar-refractivity contribution >= 4 is 11.0 Å². The van der Waals surface area contributed by atoms with Crippen molar-refractivity contribution in [3.8, 4) is 0 Å². The topological polar surface area (TPSA) is 51.8 Å². The molecule has 0 radical (unpaired) electrons. The van der Waals surface area contributed by atoms with E-state index in [-0.39, 0.29) is 0 Å². The van der Waals surface area contributed by atoms with E-state index in [0.29, 0.717) is 12.0 Å². The lowest BCUT2D eigenvalue weighted by Gasteiger charge is -1.99. The summed E-state index contributed by atoms with van der Waals surface area (Å²) >= 11 is 0. The summed E-state index contributed by atoms with van der Waals surface area (Å²) in [4.78, 5) is 8.90. The second kappa shape index (κ2) is 2.75. The average molecular weight is 185 g/mol. The summed E-state index contributed by atoms with van der Waals surface area (Å²) in [6.45, 7) is 0. The van der Waals surface area contributed by atoms with E-state index in [0.717, 1.165) is 23.1 Å². The number of fused-ring (bicyclic) bond motifs is 1. The second-order valence-electron chi connectivity index (χ2n) is 3.79. The molecular weight excluding hydrogens is 174 g/mol. The molecule has 1 aromatic carbocycles. The zero-order valence-electron chi connectivity index (χ0n) is 7.72. The summed E-state index contributed by atoms with van der Waals surface area (Å²) in [7, 11) is 0. The van der Waals surface area contributed by atoms with E-state index in [1.807, 2.05) is 30.5 Å². The number of nitrogens with two attached hydrogens (primary N) is 1. The standard InChI is InChI=1S/C11H11N3/c12-8-5-7(8)11-6-13-9-3-1-2-4-10(9)14-11/h1-4,6-8H,5,12H2/t7-,8-/m1/s1. The Morgan fingerprint density at radius 2 is 1.93 bits per heavy atom. The number of aromatic nitrogens is 2. The highest BCUT2D eigenvalue weighted by atomic mass is 14.9. The number of nitrogens with zero attached hydrogens (tertiary/aromatic N) is 2. The molecule has 1 heterocycles. The van der Waals surface area contributed by atoms with Crippen LogP contribution in [0.15, 0.2) is 30.5 Å². The van der Waals surface area contributed by atoms with Gasteiger partial charge in [0, 0.05) is 18.2 Å². The van der Waals surface area contributed by atoms with Gasteiger partial charge in [0.25, 0.3) is 0 Å². The zero-order chi connectivity index (χ0) is 9.54. The molecule has 0 saturated heterocycles. The van der Waals surface area contributed by atoms with Crippen LogP contribution in [0.2, 0.25) is 0 Å². The maximum atomic E-state index is 5.77. The van der Waals surface area contributed by atoms with Crippen LogP contribution in [-0.4, -0.2) is 16.0 Å². The van der Waals surface area contributed by atoms with Gasteiger partial charge in [-0.2, -0.15) is 0 Å². The van der Waals surface area contributed by atoms with Crippen LogP contribution >= 0.6 is 0 Å². The third kappa shape index (κ3) is 1.17. The number of hydrogen-bond acceptors (Lipinski definition) is 3. The summed E-state index contributed by atoms with van der Waals surface area (Å²) in [5.74, 6) is 0.437. The molecule has 14 heavy (non-hydrogen) atoms. The highest BCUT2D eigenvalue weighted by Gasteiger charge is 2.36. The SMILES string of the molecule is N[C@@H]1C[C@H]1c1cnc2ccccc2n1. The maximum absolute atomic E-state index is 5.77. The predicted octanol–water partition coefficient (Wildman–Crippen LogP) is 1.44. The number of rotatable bonds is 1. The third-order valence-corrected chi connectivity index (χ3v) is 2.69. The Hall–Kier alpha value is -1.48. The lowest BCUT2D eigenvalue weighted by atomic mass is 10.2. The molecule has 1 fully saturated rings. The lowest BCUT2D eigenvalue weighted by molar-refractivity contribution is 0.943. The first kappa shape index (κ1) is 7.88. The van der Waals surface area contributed by atoms with Gasteiger partial charge in [0.05, 0.1) is 16.7 Å². The van der Waals surface area contributed by atoms with E-state index in [1.165, 1.54) is 0 Å². The molecule has 0 unspecified atom stereocenters. The van der Waals surface area contributed by atoms with Crippen LogP contribution in [0.4, 0.5) is 0 Å². The van der Waals surface area contributed by atoms with Crippen molar-refractivity contribution in [3.05, 3.63) is 36.2 Å². The smallest absolute Gasteiger partial charge is 0.0890 e. The normalized spacial score (nSPS) is 25.2. The van der Waals surface area contributed by atoms with Gasteiger partial charge in [-0.15, -0.1) is 0 Å². The highest BCUT2D eigenvalue weighted by molar-refractivity contribution is 5.73. The fourth-order valence-electron chi connectivity index (χ4n) is 1.70. The van der Waals surface area contributed by atoms with Gasteiger partial charge in [0.1, 0.15) is 0 Å². The van der Waals surface area contributed by atoms with Gasteiger partial charge >= 0.3 is 0 Å². The molecule has 1 aliphatic rings. The second-order valence-corrected chi connectivity index (χ2v) is 3.79. The van der Waals surface area contributed by atoms with Crippen molar-refractivity contribution < 1.29 is 0 Å². The van der Waals surface area contributed by atoms with Crippen molar-refractivity contribution in [3.63, 3.8) is 0 Å². The Labute approximate surface area is 82.0 Å². The van der Waals surface area contributed by atoms with E-state index in [4.69, 9.17) is 5.73 Å². The summed E-state index contributed by atoms with van der Waals surface area (Å²) in [5.41, 5.74) is 8.72. The molecule has 0 aliphatic heterocycles. The van der Waals surface area contributed by atoms with Crippen LogP contribution in [0.3, 0.4) is 0 Å². The van der Waals surface area contributed by atoms with Crippen LogP contribution in [0.1, 0.15) is 18.0 Å². The Morgan fingerprint density at radius 3 is 2.64 bits per heavy atom. The van der Waals surface area contributed by atoms with Gasteiger partial charge in [-0.3, -0.25) is 4.98 Å². The van der Waals surface area contributed by atoms with Crippen molar-refractivity contribution in [1.82, 2.24) is 9.97 Å². The Balaban J connectivity index is 2.11. The first-order valence-electron chi connectivity index (χ1n) is 4.82. The van der Waals surface area contributed by atoms with Crippen LogP contribution in [-0.2, 0) is 0 Å². The third-order valence-electron chi connectivity index (χ3n) is 2.69. The molecule has 2 atom stereocenters. The minimum Gasteiger partial charge on any atom is -0.327 e. The minimum atomic E-state index is 0.297. The van der Waals surface area contributed by atoms with E-state index < -0.39 is 0 Å². The van der Waals surface area contributed by atoms with Crippen molar-refractivity contribution in [1.29, 1.82) is 0 Å². The number of hydrogen-bond donors (Lipinski definition) is 1. The van der Waals surface area contributed by atoms with Crippen molar-refractivity contribution in [2.75, 3.05) is 0 Å². The van der Waals surface area contributed by atoms with Gasteiger partial charge in [0.15, 0.2) is 0 Å². The lowest BCUT2D eigenvalue weighted by Crippen LogP contribution is -2.02. The Kier molecular flexibility index (Phi) is 1.55. The molecule has 2 N–H and O–H groups in total. The quantitative estimate of drug-likeness (QED) is 0.731. The molecule has 3 nitrogen and oxygen atoms in total. The van der Waals surface area contributed by atoms with E-state index in [1.54, 1.807) is 0 Å². The summed E-state index contributed by atoms with van der Waals surface area (Å²) in [6, 6.07) is 8.21. The molecule has 1 aliphatic carbocycles. The van der Waals surface area contributed by atoms with Gasteiger partial charge in [-0.05, 0) is 18.6 Å². The van der Waals surface area contributed by atoms with Gasteiger partial charge < -0.3 is 5.73 Å². The first-order chi connectivity index (χ1) is 6.84. The Bertz CT molecular complexity index is 481. The summed E-state index contributed by atoms with van der Waals surface area (Å²) in [5, 5.41) is 0. The van der Waals surface area contributed by atoms with Crippen LogP contribution in [0.25, 0.3) is 11.0 Å². The molecule has 3 heteroatoms. The highest BCUT2D eigenvalue weighted by Crippen LogP contribution is 2.37. The van der Waals surface area contributed by atoms with E-state index >= 15 is 0 Å². The molecule has 3 rings (SSSR count). The summed E-state index contributed by atoms with van der Waals surface area (Å²) in [6.07, 6.45) is 2.90. The number of para-hydroxylation sites is 2. The fourth-order valence-corrected chi connectivity index (χ4v) is 1.70. The first-order valence-corrected chi connectivity index (χ1v) is 4.82. The Morgan fingerprint density at radius 1 is 1.21 bits per heavy atom. The number of benzene rings is 1. The molecular formula is C11H11N3. The minimum absolute atomic E-state index is 0.297. The molecule has 1 aromatic heterocycles. The maximum Gasteiger partial charge on any atom is 0.0890 e. The van der Waals surface area contributed by atoms with E-state index in [2.05, 4.69) is 9.97 Å². The molecule has 1 saturated carbocycles. The molecule has 0 bridgehead atoms. The predicted molar refractivity (Wildman–Crippen MR) is 54.9 cm³/mol. The molecule has 70 valence electrons. The van der Waals surface area contributed by atoms with Gasteiger partial charge in [0.2, 0.25) is 0 Å². The molecule has 0 amide bonds. The van der Waals surface area contributed by atoms with Crippen molar-refractivity contribution in [2.24, 2.45) is 5.73 Å². The fraction of sp³-hybridized carbons (Fsp3) is 0.273. The largest absolute Gasteiger partial charge is 0.327 e. The average Bonchev–Trinajstić information content (AvgIpc) is 2.95. The van der Waals surface area contributed by atoms with Crippen LogP contribution in [0, 0.1) is 0 Å². The van der Waals surface area contributed by atoms with Crippen LogP contribution < -0.4 is 5.73 Å². The molecule has 2 aromatic rings. The van der Waals surface area contributed by atoms with Gasteiger partial charge in [-0.25, -0.2) is 4.98 Å². The monoisotopic (exact) mass is 185 g/mol. The molecule has 0 spiro atoms. The van der Waals surface area contributed by atoms with E-state index in [9.17, 15) is 0 Å². The van der Waals surface area contributed by atoms with Crippen LogP contribution in [0.5, 0.6) is 0 Å².